The number of ether oxygens (including phenoxy) is 3. The summed E-state index contributed by atoms with van der Waals surface area (Å²) in [5.41, 5.74) is 3.10. The molecule has 1 fully saturated rings. The molecule has 1 aromatic carbocycles. The average Bonchev–Trinajstić information content (AvgIpc) is 3.13. The second-order valence-corrected chi connectivity index (χ2v) is 7.96. The van der Waals surface area contributed by atoms with Crippen molar-refractivity contribution < 1.29 is 14.2 Å². The third-order valence-electron chi connectivity index (χ3n) is 4.99. The van der Waals surface area contributed by atoms with Crippen LogP contribution in [0.25, 0.3) is 11.3 Å². The lowest BCUT2D eigenvalue weighted by Crippen LogP contribution is -2.19. The molecule has 29 heavy (non-hydrogen) atoms. The summed E-state index contributed by atoms with van der Waals surface area (Å²) in [6, 6.07) is 3.89. The normalized spacial score (nSPS) is 18.7. The number of benzene rings is 1. The number of rotatable bonds is 7. The molecule has 0 bridgehead atoms. The minimum Gasteiger partial charge on any atom is -0.493 e. The first-order valence-electron chi connectivity index (χ1n) is 9.80. The van der Waals surface area contributed by atoms with Crippen LogP contribution in [0.1, 0.15) is 32.6 Å². The molecule has 0 spiro atoms. The van der Waals surface area contributed by atoms with E-state index in [2.05, 4.69) is 23.9 Å². The van der Waals surface area contributed by atoms with Gasteiger partial charge >= 0.3 is 0 Å². The topological polar surface area (TPSA) is 57.3 Å². The van der Waals surface area contributed by atoms with Crippen molar-refractivity contribution in [1.82, 2.24) is 4.68 Å². The van der Waals surface area contributed by atoms with Gasteiger partial charge in [0.25, 0.3) is 0 Å². The van der Waals surface area contributed by atoms with Gasteiger partial charge in [0.2, 0.25) is 10.6 Å². The zero-order valence-corrected chi connectivity index (χ0v) is 18.4. The number of nitrogens with zero attached hydrogens (tertiary/aromatic N) is 3. The predicted molar refractivity (Wildman–Crippen MR) is 118 cm³/mol. The quantitative estimate of drug-likeness (QED) is 0.614. The van der Waals surface area contributed by atoms with Gasteiger partial charge in [0.05, 0.1) is 33.6 Å². The van der Waals surface area contributed by atoms with E-state index in [0.29, 0.717) is 29.7 Å². The SMILES string of the molecule is C=CCN=c1scc(-c2cc(OC)c(OC)c(OC)c2)n1N=C1CCCC(C)C1. The molecule has 6 nitrogen and oxygen atoms in total. The minimum atomic E-state index is 0.552. The van der Waals surface area contributed by atoms with Gasteiger partial charge in [0, 0.05) is 16.7 Å². The molecule has 1 unspecified atom stereocenters. The van der Waals surface area contributed by atoms with E-state index in [1.807, 2.05) is 16.8 Å². The first kappa shape index (κ1) is 21.2. The van der Waals surface area contributed by atoms with Crippen molar-refractivity contribution in [3.8, 4) is 28.5 Å². The molecule has 0 radical (unpaired) electrons. The van der Waals surface area contributed by atoms with Crippen LogP contribution < -0.4 is 19.0 Å². The second-order valence-electron chi connectivity index (χ2n) is 7.13. The summed E-state index contributed by atoms with van der Waals surface area (Å²) in [5, 5.41) is 7.08. The molecule has 1 aliphatic rings. The van der Waals surface area contributed by atoms with Crippen LogP contribution in [0, 0.1) is 5.92 Å². The Bertz CT molecular complexity index is 933. The van der Waals surface area contributed by atoms with Crippen LogP contribution in [0.4, 0.5) is 0 Å². The van der Waals surface area contributed by atoms with E-state index in [1.165, 1.54) is 18.6 Å². The summed E-state index contributed by atoms with van der Waals surface area (Å²) in [6.07, 6.45) is 6.30. The van der Waals surface area contributed by atoms with Gasteiger partial charge in [-0.05, 0) is 43.7 Å². The Balaban J connectivity index is 2.16. The van der Waals surface area contributed by atoms with Crippen LogP contribution in [-0.4, -0.2) is 38.3 Å². The lowest BCUT2D eigenvalue weighted by molar-refractivity contribution is 0.324. The Labute approximate surface area is 176 Å². The molecule has 1 atom stereocenters. The fourth-order valence-electron chi connectivity index (χ4n) is 3.57. The van der Waals surface area contributed by atoms with Crippen LogP contribution in [-0.2, 0) is 0 Å². The van der Waals surface area contributed by atoms with Gasteiger partial charge < -0.3 is 14.2 Å². The van der Waals surface area contributed by atoms with Crippen molar-refractivity contribution in [3.05, 3.63) is 35.0 Å². The van der Waals surface area contributed by atoms with Crippen molar-refractivity contribution in [1.29, 1.82) is 0 Å². The summed E-state index contributed by atoms with van der Waals surface area (Å²) < 4.78 is 18.5. The summed E-state index contributed by atoms with van der Waals surface area (Å²) in [4.78, 5) is 5.49. The Hall–Kier alpha value is -2.54. The molecular weight excluding hydrogens is 386 g/mol. The fraction of sp³-hybridized carbons (Fsp3) is 0.455. The number of aromatic nitrogens is 1. The maximum atomic E-state index is 5.53. The summed E-state index contributed by atoms with van der Waals surface area (Å²) >= 11 is 1.57. The van der Waals surface area contributed by atoms with Crippen LogP contribution in [0.15, 0.2) is 40.3 Å². The first-order chi connectivity index (χ1) is 14.1. The zero-order valence-electron chi connectivity index (χ0n) is 17.6. The smallest absolute Gasteiger partial charge is 0.206 e. The molecular formula is C22H29N3O3S. The average molecular weight is 416 g/mol. The molecule has 1 aromatic heterocycles. The summed E-state index contributed by atoms with van der Waals surface area (Å²) in [7, 11) is 4.85. The predicted octanol–water partition coefficient (Wildman–Crippen LogP) is 4.74. The van der Waals surface area contributed by atoms with Gasteiger partial charge in [-0.3, -0.25) is 4.99 Å². The molecule has 2 aromatic rings. The Morgan fingerprint density at radius 2 is 1.93 bits per heavy atom. The maximum absolute atomic E-state index is 5.53. The van der Waals surface area contributed by atoms with E-state index in [0.717, 1.165) is 28.9 Å². The molecule has 0 amide bonds. The molecule has 156 valence electrons. The molecule has 1 aliphatic carbocycles. The van der Waals surface area contributed by atoms with E-state index in [9.17, 15) is 0 Å². The highest BCUT2D eigenvalue weighted by Gasteiger charge is 2.19. The standard InChI is InChI=1S/C22H29N3O3S/c1-6-10-23-22-25(24-17-9-7-8-15(2)11-17)18(14-29-22)16-12-19(26-3)21(28-5)20(13-16)27-4/h6,12-15H,1,7-11H2,2-5H3. The molecule has 7 heteroatoms. The van der Waals surface area contributed by atoms with Crippen molar-refractivity contribution in [2.75, 3.05) is 27.9 Å². The van der Waals surface area contributed by atoms with Crippen LogP contribution in [0.2, 0.25) is 0 Å². The van der Waals surface area contributed by atoms with Crippen LogP contribution in [0.5, 0.6) is 17.2 Å². The minimum absolute atomic E-state index is 0.552. The van der Waals surface area contributed by atoms with Gasteiger partial charge in [-0.15, -0.1) is 17.9 Å². The Morgan fingerprint density at radius 1 is 1.21 bits per heavy atom. The lowest BCUT2D eigenvalue weighted by Gasteiger charge is -2.19. The Kier molecular flexibility index (Phi) is 7.14. The number of hydrogen-bond donors (Lipinski definition) is 0. The van der Waals surface area contributed by atoms with Gasteiger partial charge in [0.15, 0.2) is 11.5 Å². The largest absolute Gasteiger partial charge is 0.493 e. The third-order valence-corrected chi connectivity index (χ3v) is 5.84. The highest BCUT2D eigenvalue weighted by molar-refractivity contribution is 7.07. The van der Waals surface area contributed by atoms with Crippen molar-refractivity contribution in [3.63, 3.8) is 0 Å². The lowest BCUT2D eigenvalue weighted by atomic mass is 9.89. The van der Waals surface area contributed by atoms with E-state index in [-0.39, 0.29) is 0 Å². The van der Waals surface area contributed by atoms with Gasteiger partial charge in [0.1, 0.15) is 0 Å². The zero-order chi connectivity index (χ0) is 20.8. The summed E-state index contributed by atoms with van der Waals surface area (Å²) in [6.45, 7) is 6.62. The molecule has 1 heterocycles. The Morgan fingerprint density at radius 3 is 2.52 bits per heavy atom. The maximum Gasteiger partial charge on any atom is 0.206 e. The molecule has 0 saturated heterocycles. The molecule has 0 N–H and O–H groups in total. The third kappa shape index (κ3) is 4.72. The summed E-state index contributed by atoms with van der Waals surface area (Å²) in [5.74, 6) is 2.47. The van der Waals surface area contributed by atoms with Crippen LogP contribution in [0.3, 0.4) is 0 Å². The van der Waals surface area contributed by atoms with Gasteiger partial charge in [-0.1, -0.05) is 13.0 Å². The van der Waals surface area contributed by atoms with E-state index >= 15 is 0 Å². The van der Waals surface area contributed by atoms with Gasteiger partial charge in [-0.2, -0.15) is 5.10 Å². The number of hydrogen-bond acceptors (Lipinski definition) is 6. The molecule has 3 rings (SSSR count). The van der Waals surface area contributed by atoms with E-state index in [4.69, 9.17) is 19.3 Å². The van der Waals surface area contributed by atoms with Crippen LogP contribution >= 0.6 is 11.3 Å². The van der Waals surface area contributed by atoms with Crippen molar-refractivity contribution in [2.24, 2.45) is 16.0 Å². The fourth-order valence-corrected chi connectivity index (χ4v) is 4.41. The first-order valence-corrected chi connectivity index (χ1v) is 10.7. The monoisotopic (exact) mass is 415 g/mol. The molecule has 0 aliphatic heterocycles. The van der Waals surface area contributed by atoms with Crippen molar-refractivity contribution in [2.45, 2.75) is 32.6 Å². The van der Waals surface area contributed by atoms with Crippen molar-refractivity contribution >= 4 is 17.0 Å². The number of methoxy groups -OCH3 is 3. The highest BCUT2D eigenvalue weighted by atomic mass is 32.1. The number of thiazole rings is 1. The van der Waals surface area contributed by atoms with E-state index < -0.39 is 0 Å². The molecule has 1 saturated carbocycles. The highest BCUT2D eigenvalue weighted by Crippen LogP contribution is 2.41. The van der Waals surface area contributed by atoms with Gasteiger partial charge in [-0.25, -0.2) is 4.68 Å². The van der Waals surface area contributed by atoms with E-state index in [1.54, 1.807) is 38.7 Å². The second kappa shape index (κ2) is 9.78.